The minimum atomic E-state index is -4.32. The quantitative estimate of drug-likeness (QED) is 0.176. The summed E-state index contributed by atoms with van der Waals surface area (Å²) in [6.07, 6.45) is -8.66. The van der Waals surface area contributed by atoms with Gasteiger partial charge >= 0.3 is 11.9 Å². The molecule has 2 aromatic rings. The van der Waals surface area contributed by atoms with Gasteiger partial charge in [-0.05, 0) is 41.0 Å². The van der Waals surface area contributed by atoms with Gasteiger partial charge in [0.15, 0.2) is 23.0 Å². The number of halogens is 2. The maximum Gasteiger partial charge on any atom is 0.315 e. The first-order chi connectivity index (χ1) is 22.3. The molecule has 0 bridgehead atoms. The Morgan fingerprint density at radius 2 is 1.47 bits per heavy atom. The highest BCUT2D eigenvalue weighted by Crippen LogP contribution is 2.55. The number of cyclic esters (lactones) is 1. The monoisotopic (exact) mass is 671 g/mol. The van der Waals surface area contributed by atoms with E-state index in [-0.39, 0.29) is 12.4 Å². The first kappa shape index (κ1) is 34.8. The van der Waals surface area contributed by atoms with Gasteiger partial charge in [-0.15, -0.1) is 0 Å². The molecule has 9 atom stereocenters. The van der Waals surface area contributed by atoms with Crippen molar-refractivity contribution in [3.8, 4) is 28.7 Å². The van der Waals surface area contributed by atoms with E-state index >= 15 is 8.78 Å². The fourth-order valence-electron chi connectivity index (χ4n) is 6.86. The Bertz CT molecular complexity index is 1450. The lowest BCUT2D eigenvalue weighted by Gasteiger charge is -2.48. The molecular formula is C31H39F2NO13. The van der Waals surface area contributed by atoms with Crippen LogP contribution in [0.2, 0.25) is 0 Å². The lowest BCUT2D eigenvalue weighted by molar-refractivity contribution is -0.409. The number of carbonyl (C=O) groups excluding carboxylic acids is 1. The van der Waals surface area contributed by atoms with Crippen molar-refractivity contribution in [3.05, 3.63) is 41.0 Å². The maximum absolute atomic E-state index is 15.9. The molecular weight excluding hydrogens is 632 g/mol. The molecule has 6 N–H and O–H groups in total. The number of benzene rings is 2. The number of ether oxygens (including phenoxy) is 7. The number of hydrogen-bond acceptors (Lipinski definition) is 14. The molecule has 47 heavy (non-hydrogen) atoms. The number of esters is 1. The van der Waals surface area contributed by atoms with Crippen LogP contribution in [0.25, 0.3) is 0 Å². The van der Waals surface area contributed by atoms with Crippen molar-refractivity contribution in [2.24, 2.45) is 11.8 Å². The standard InChI is InChI=1S/C31H39F2NO13/c1-41-17-8-14-15(9-18(17)42-2)24(34-12-30(32,33)31(40)28(38)26(37)25(36)21(10-35)47-31)16-11-46-29(39)23(16)22(14)13-6-19(43-3)27(45-5)20(7-13)44-4/h6-9,16,21-26,28,34-38,40H,10-12H2,1-5H3/t16-,21?,22?,23?,24+,25?,26?,28?,31?/m0/s1. The van der Waals surface area contributed by atoms with Crippen molar-refractivity contribution in [1.29, 1.82) is 0 Å². The van der Waals surface area contributed by atoms with Crippen LogP contribution in [0.3, 0.4) is 0 Å². The third-order valence-electron chi connectivity index (χ3n) is 9.28. The molecule has 16 heteroatoms. The fourth-order valence-corrected chi connectivity index (χ4v) is 6.86. The van der Waals surface area contributed by atoms with Gasteiger partial charge in [-0.3, -0.25) is 4.79 Å². The summed E-state index contributed by atoms with van der Waals surface area (Å²) in [6, 6.07) is 5.59. The van der Waals surface area contributed by atoms with Crippen LogP contribution in [0.4, 0.5) is 8.78 Å². The van der Waals surface area contributed by atoms with Crippen molar-refractivity contribution in [2.45, 2.75) is 48.1 Å². The lowest BCUT2D eigenvalue weighted by atomic mass is 9.65. The molecule has 14 nitrogen and oxygen atoms in total. The van der Waals surface area contributed by atoms with Crippen LogP contribution in [0.15, 0.2) is 24.3 Å². The number of methoxy groups -OCH3 is 5. The summed E-state index contributed by atoms with van der Waals surface area (Å²) in [5.74, 6) is -9.45. The van der Waals surface area contributed by atoms with Crippen LogP contribution < -0.4 is 29.0 Å². The maximum atomic E-state index is 15.9. The van der Waals surface area contributed by atoms with Crippen LogP contribution in [-0.4, -0.2) is 123 Å². The van der Waals surface area contributed by atoms with E-state index in [4.69, 9.17) is 33.2 Å². The molecule has 0 amide bonds. The Kier molecular flexibility index (Phi) is 9.76. The smallest absolute Gasteiger partial charge is 0.315 e. The number of nitrogens with one attached hydrogen (secondary N) is 1. The van der Waals surface area contributed by atoms with E-state index in [1.165, 1.54) is 35.5 Å². The van der Waals surface area contributed by atoms with Crippen molar-refractivity contribution < 1.29 is 72.3 Å². The van der Waals surface area contributed by atoms with E-state index in [1.807, 2.05) is 0 Å². The second-order valence-electron chi connectivity index (χ2n) is 11.6. The van der Waals surface area contributed by atoms with Gasteiger partial charge in [-0.2, -0.15) is 8.78 Å². The molecule has 260 valence electrons. The minimum absolute atomic E-state index is 0.150. The second-order valence-corrected chi connectivity index (χ2v) is 11.6. The number of alkyl halides is 2. The highest BCUT2D eigenvalue weighted by atomic mass is 19.3. The number of fused-ring (bicyclic) bond motifs is 2. The van der Waals surface area contributed by atoms with E-state index in [2.05, 4.69) is 5.32 Å². The lowest BCUT2D eigenvalue weighted by Crippen LogP contribution is -2.72. The van der Waals surface area contributed by atoms with E-state index < -0.39 is 79.0 Å². The molecule has 2 heterocycles. The summed E-state index contributed by atoms with van der Waals surface area (Å²) in [4.78, 5) is 13.4. The Labute approximate surface area is 268 Å². The molecule has 2 saturated heterocycles. The molecule has 0 saturated carbocycles. The molecule has 0 spiro atoms. The summed E-state index contributed by atoms with van der Waals surface area (Å²) in [7, 11) is 7.16. The molecule has 0 radical (unpaired) electrons. The second kappa shape index (κ2) is 13.2. The van der Waals surface area contributed by atoms with Crippen LogP contribution in [-0.2, 0) is 14.3 Å². The predicted molar refractivity (Wildman–Crippen MR) is 156 cm³/mol. The largest absolute Gasteiger partial charge is 0.493 e. The number of hydrogen-bond donors (Lipinski definition) is 6. The first-order valence-corrected chi connectivity index (χ1v) is 14.7. The van der Waals surface area contributed by atoms with Gasteiger partial charge in [0.25, 0.3) is 5.79 Å². The van der Waals surface area contributed by atoms with E-state index in [9.17, 15) is 30.3 Å². The van der Waals surface area contributed by atoms with Gasteiger partial charge in [0.05, 0.1) is 61.2 Å². The number of aliphatic hydroxyl groups is 5. The molecule has 2 aliphatic heterocycles. The van der Waals surface area contributed by atoms with Crippen molar-refractivity contribution in [2.75, 3.05) is 55.3 Å². The fraction of sp³-hybridized carbons (Fsp3) is 0.581. The Balaban J connectivity index is 1.61. The van der Waals surface area contributed by atoms with Crippen LogP contribution in [0, 0.1) is 11.8 Å². The van der Waals surface area contributed by atoms with Crippen LogP contribution in [0.1, 0.15) is 28.7 Å². The SMILES string of the molecule is COc1cc2c(cc1OC)[C@@H](NCC(F)(F)C1(O)OC(CO)C(O)C(O)C1O)[C@H]1COC(=O)C1C2c1cc(OC)c(OC)c(OC)c1. The molecule has 5 rings (SSSR count). The molecule has 0 aromatic heterocycles. The van der Waals surface area contributed by atoms with E-state index in [0.29, 0.717) is 39.7 Å². The third-order valence-corrected chi connectivity index (χ3v) is 9.28. The Morgan fingerprint density at radius 3 is 2.00 bits per heavy atom. The summed E-state index contributed by atoms with van der Waals surface area (Å²) in [5, 5.41) is 53.8. The van der Waals surface area contributed by atoms with Gasteiger partial charge in [0.1, 0.15) is 24.4 Å². The summed E-state index contributed by atoms with van der Waals surface area (Å²) < 4.78 is 69.8. The number of rotatable bonds is 11. The minimum Gasteiger partial charge on any atom is -0.493 e. The van der Waals surface area contributed by atoms with Gasteiger partial charge in [0, 0.05) is 17.9 Å². The van der Waals surface area contributed by atoms with Gasteiger partial charge in [0.2, 0.25) is 5.75 Å². The zero-order valence-corrected chi connectivity index (χ0v) is 26.3. The van der Waals surface area contributed by atoms with Crippen LogP contribution in [0.5, 0.6) is 28.7 Å². The number of carbonyl (C=O) groups is 1. The van der Waals surface area contributed by atoms with E-state index in [1.54, 1.807) is 24.3 Å². The normalized spacial score (nSPS) is 31.8. The highest BCUT2D eigenvalue weighted by Gasteiger charge is 2.66. The van der Waals surface area contributed by atoms with Gasteiger partial charge < -0.3 is 64.0 Å². The third kappa shape index (κ3) is 5.60. The average Bonchev–Trinajstić information content (AvgIpc) is 3.46. The summed E-state index contributed by atoms with van der Waals surface area (Å²) >= 11 is 0. The van der Waals surface area contributed by atoms with E-state index in [0.717, 1.165) is 0 Å². The summed E-state index contributed by atoms with van der Waals surface area (Å²) in [6.45, 7) is -2.52. The van der Waals surface area contributed by atoms with Crippen LogP contribution >= 0.6 is 0 Å². The predicted octanol–water partition coefficient (Wildman–Crippen LogP) is 0.0927. The zero-order chi connectivity index (χ0) is 34.4. The highest BCUT2D eigenvalue weighted by molar-refractivity contribution is 5.79. The Morgan fingerprint density at radius 1 is 0.894 bits per heavy atom. The molecule has 7 unspecified atom stereocenters. The topological polar surface area (TPSA) is 195 Å². The first-order valence-electron chi connectivity index (χ1n) is 14.7. The van der Waals surface area contributed by atoms with Gasteiger partial charge in [-0.25, -0.2) is 0 Å². The number of aliphatic hydroxyl groups excluding tert-OH is 4. The van der Waals surface area contributed by atoms with Gasteiger partial charge in [-0.1, -0.05) is 0 Å². The molecule has 2 fully saturated rings. The average molecular weight is 672 g/mol. The molecule has 1 aliphatic carbocycles. The molecule has 3 aliphatic rings. The van der Waals surface area contributed by atoms with Crippen molar-refractivity contribution >= 4 is 5.97 Å². The summed E-state index contributed by atoms with van der Waals surface area (Å²) in [5.41, 5.74) is 1.52. The van der Waals surface area contributed by atoms with Crippen molar-refractivity contribution in [1.82, 2.24) is 5.32 Å². The Hall–Kier alpha value is -3.51. The van der Waals surface area contributed by atoms with Crippen molar-refractivity contribution in [3.63, 3.8) is 0 Å². The molecule has 2 aromatic carbocycles. The zero-order valence-electron chi connectivity index (χ0n) is 26.3.